The van der Waals surface area contributed by atoms with Crippen LogP contribution in [0.2, 0.25) is 0 Å². The molecule has 0 saturated heterocycles. The quantitative estimate of drug-likeness (QED) is 0.545. The predicted molar refractivity (Wildman–Crippen MR) is 46.8 cm³/mol. The SMILES string of the molecule is Cn1c(=O)cc2n(c1=O)C[C@H]1C[C@@H]21. The second-order valence-corrected chi connectivity index (χ2v) is 3.96. The minimum absolute atomic E-state index is 0.158. The van der Waals surface area contributed by atoms with Crippen molar-refractivity contribution in [2.24, 2.45) is 13.0 Å². The maximum absolute atomic E-state index is 11.6. The largest absolute Gasteiger partial charge is 0.330 e. The lowest BCUT2D eigenvalue weighted by Crippen LogP contribution is -2.38. The summed E-state index contributed by atoms with van der Waals surface area (Å²) >= 11 is 0. The van der Waals surface area contributed by atoms with Crippen molar-refractivity contribution in [2.45, 2.75) is 18.9 Å². The van der Waals surface area contributed by atoms with Crippen molar-refractivity contribution in [3.05, 3.63) is 32.6 Å². The van der Waals surface area contributed by atoms with Crippen molar-refractivity contribution in [1.82, 2.24) is 9.13 Å². The highest BCUT2D eigenvalue weighted by atomic mass is 16.2. The summed E-state index contributed by atoms with van der Waals surface area (Å²) in [5, 5.41) is 0. The van der Waals surface area contributed by atoms with Crippen LogP contribution in [0.25, 0.3) is 0 Å². The van der Waals surface area contributed by atoms with Crippen LogP contribution >= 0.6 is 0 Å². The van der Waals surface area contributed by atoms with Gasteiger partial charge in [0, 0.05) is 31.3 Å². The van der Waals surface area contributed by atoms with Gasteiger partial charge in [0.15, 0.2) is 0 Å². The lowest BCUT2D eigenvalue weighted by Gasteiger charge is -2.06. The van der Waals surface area contributed by atoms with E-state index < -0.39 is 0 Å². The summed E-state index contributed by atoms with van der Waals surface area (Å²) in [5.74, 6) is 1.14. The minimum Gasteiger partial charge on any atom is -0.297 e. The molecular weight excluding hydrogens is 168 g/mol. The zero-order valence-electron chi connectivity index (χ0n) is 7.36. The summed E-state index contributed by atoms with van der Waals surface area (Å²) in [5.41, 5.74) is 0.622. The predicted octanol–water partition coefficient (Wildman–Crippen LogP) is -0.336. The third-order valence-corrected chi connectivity index (χ3v) is 3.15. The van der Waals surface area contributed by atoms with E-state index in [4.69, 9.17) is 0 Å². The van der Waals surface area contributed by atoms with Crippen LogP contribution in [-0.4, -0.2) is 9.13 Å². The van der Waals surface area contributed by atoms with E-state index in [1.165, 1.54) is 11.6 Å². The molecular formula is C9H10N2O2. The van der Waals surface area contributed by atoms with Crippen LogP contribution in [0, 0.1) is 5.92 Å². The first kappa shape index (κ1) is 7.12. The standard InChI is InChI=1S/C9H10N2O2/c1-10-8(12)3-7-6-2-5(6)4-11(7)9(10)13/h3,5-6H,2,4H2,1H3/t5-,6-/m1/s1. The highest BCUT2D eigenvalue weighted by molar-refractivity contribution is 5.22. The van der Waals surface area contributed by atoms with E-state index >= 15 is 0 Å². The summed E-state index contributed by atoms with van der Waals surface area (Å²) < 4.78 is 2.91. The maximum Gasteiger partial charge on any atom is 0.330 e. The topological polar surface area (TPSA) is 44.0 Å². The lowest BCUT2D eigenvalue weighted by atomic mass is 10.3. The van der Waals surface area contributed by atoms with E-state index in [1.54, 1.807) is 10.6 Å². The number of aromatic nitrogens is 2. The third-order valence-electron chi connectivity index (χ3n) is 3.15. The molecule has 1 aliphatic heterocycles. The fourth-order valence-corrected chi connectivity index (χ4v) is 2.22. The normalized spacial score (nSPS) is 28.4. The van der Waals surface area contributed by atoms with Crippen LogP contribution in [0.15, 0.2) is 15.7 Å². The first-order valence-electron chi connectivity index (χ1n) is 4.49. The fraction of sp³-hybridized carbons (Fsp3) is 0.556. The summed E-state index contributed by atoms with van der Waals surface area (Å²) in [6.07, 6.45) is 1.16. The number of hydrogen-bond acceptors (Lipinski definition) is 2. The average Bonchev–Trinajstić information content (AvgIpc) is 2.79. The zero-order chi connectivity index (χ0) is 9.16. The van der Waals surface area contributed by atoms with Gasteiger partial charge in [0.1, 0.15) is 0 Å². The Hall–Kier alpha value is -1.32. The van der Waals surface area contributed by atoms with Gasteiger partial charge in [-0.15, -0.1) is 0 Å². The summed E-state index contributed by atoms with van der Waals surface area (Å²) in [4.78, 5) is 22.9. The third kappa shape index (κ3) is 0.753. The molecule has 0 N–H and O–H groups in total. The van der Waals surface area contributed by atoms with Crippen molar-refractivity contribution in [1.29, 1.82) is 0 Å². The Morgan fingerprint density at radius 2 is 2.23 bits per heavy atom. The van der Waals surface area contributed by atoms with Gasteiger partial charge in [0.25, 0.3) is 5.56 Å². The smallest absolute Gasteiger partial charge is 0.297 e. The molecule has 0 unspecified atom stereocenters. The van der Waals surface area contributed by atoms with Gasteiger partial charge in [-0.2, -0.15) is 0 Å². The molecule has 4 heteroatoms. The molecule has 2 atom stereocenters. The van der Waals surface area contributed by atoms with Gasteiger partial charge in [0.2, 0.25) is 0 Å². The molecule has 1 aliphatic carbocycles. The Kier molecular flexibility index (Phi) is 1.07. The number of rotatable bonds is 0. The molecule has 2 heterocycles. The Bertz CT molecular complexity index is 497. The minimum atomic E-state index is -0.177. The molecule has 0 amide bonds. The van der Waals surface area contributed by atoms with Crippen molar-refractivity contribution < 1.29 is 0 Å². The summed E-state index contributed by atoms with van der Waals surface area (Å²) in [6, 6.07) is 1.61. The van der Waals surface area contributed by atoms with Crippen LogP contribution in [0.4, 0.5) is 0 Å². The van der Waals surface area contributed by atoms with Crippen LogP contribution in [0.1, 0.15) is 18.0 Å². The molecule has 1 aromatic heterocycles. The molecule has 13 heavy (non-hydrogen) atoms. The van der Waals surface area contributed by atoms with Crippen molar-refractivity contribution >= 4 is 0 Å². The number of hydrogen-bond donors (Lipinski definition) is 0. The van der Waals surface area contributed by atoms with E-state index in [1.807, 2.05) is 0 Å². The molecule has 2 aliphatic rings. The Labute approximate surface area is 74.4 Å². The van der Waals surface area contributed by atoms with Crippen molar-refractivity contribution in [3.8, 4) is 0 Å². The molecule has 0 bridgehead atoms. The van der Waals surface area contributed by atoms with E-state index in [-0.39, 0.29) is 11.2 Å². The molecule has 68 valence electrons. The van der Waals surface area contributed by atoms with Gasteiger partial charge in [-0.3, -0.25) is 13.9 Å². The molecule has 3 rings (SSSR count). The van der Waals surface area contributed by atoms with Crippen LogP contribution < -0.4 is 11.2 Å². The Balaban J connectivity index is 2.39. The van der Waals surface area contributed by atoms with Crippen molar-refractivity contribution in [2.75, 3.05) is 0 Å². The average molecular weight is 178 g/mol. The van der Waals surface area contributed by atoms with Gasteiger partial charge < -0.3 is 0 Å². The first-order valence-corrected chi connectivity index (χ1v) is 4.49. The molecule has 1 saturated carbocycles. The summed E-state index contributed by atoms with van der Waals surface area (Å²) in [6.45, 7) is 0.812. The van der Waals surface area contributed by atoms with Gasteiger partial charge >= 0.3 is 5.69 Å². The molecule has 0 aromatic carbocycles. The second-order valence-electron chi connectivity index (χ2n) is 3.96. The molecule has 4 nitrogen and oxygen atoms in total. The highest BCUT2D eigenvalue weighted by Crippen LogP contribution is 2.52. The Morgan fingerprint density at radius 1 is 1.46 bits per heavy atom. The van der Waals surface area contributed by atoms with Gasteiger partial charge in [-0.25, -0.2) is 4.79 Å². The molecule has 1 fully saturated rings. The summed E-state index contributed by atoms with van der Waals surface area (Å²) in [7, 11) is 1.53. The number of nitrogens with zero attached hydrogens (tertiary/aromatic N) is 2. The van der Waals surface area contributed by atoms with E-state index in [0.717, 1.165) is 18.7 Å². The van der Waals surface area contributed by atoms with E-state index in [9.17, 15) is 9.59 Å². The molecule has 1 aromatic rings. The van der Waals surface area contributed by atoms with Crippen LogP contribution in [0.5, 0.6) is 0 Å². The molecule has 0 spiro atoms. The van der Waals surface area contributed by atoms with Crippen molar-refractivity contribution in [3.63, 3.8) is 0 Å². The maximum atomic E-state index is 11.6. The lowest BCUT2D eigenvalue weighted by molar-refractivity contribution is 0.587. The highest BCUT2D eigenvalue weighted by Gasteiger charge is 2.46. The van der Waals surface area contributed by atoms with Gasteiger partial charge in [-0.05, 0) is 12.3 Å². The van der Waals surface area contributed by atoms with Crippen LogP contribution in [0.3, 0.4) is 0 Å². The zero-order valence-corrected chi connectivity index (χ0v) is 7.36. The van der Waals surface area contributed by atoms with Gasteiger partial charge in [-0.1, -0.05) is 0 Å². The second kappa shape index (κ2) is 1.95. The Morgan fingerprint density at radius 3 is 3.00 bits per heavy atom. The number of fused-ring (bicyclic) bond motifs is 3. The van der Waals surface area contributed by atoms with E-state index in [0.29, 0.717) is 11.8 Å². The van der Waals surface area contributed by atoms with E-state index in [2.05, 4.69) is 0 Å². The first-order chi connectivity index (χ1) is 6.18. The monoisotopic (exact) mass is 178 g/mol. The van der Waals surface area contributed by atoms with Crippen LogP contribution in [-0.2, 0) is 13.6 Å². The fourth-order valence-electron chi connectivity index (χ4n) is 2.22. The van der Waals surface area contributed by atoms with Gasteiger partial charge in [0.05, 0.1) is 0 Å². The molecule has 0 radical (unpaired) electrons.